The molecule has 0 N–H and O–H groups in total. The maximum Gasteiger partial charge on any atom is 0.194 e. The summed E-state index contributed by atoms with van der Waals surface area (Å²) >= 11 is 0. The van der Waals surface area contributed by atoms with E-state index in [-0.39, 0.29) is 5.78 Å². The summed E-state index contributed by atoms with van der Waals surface area (Å²) in [6, 6.07) is 17.7. The third kappa shape index (κ3) is 1.36. The van der Waals surface area contributed by atoms with Crippen molar-refractivity contribution >= 4 is 16.6 Å². The zero-order valence-corrected chi connectivity index (χ0v) is 11.0. The molecule has 1 aliphatic rings. The van der Waals surface area contributed by atoms with Gasteiger partial charge in [0.15, 0.2) is 5.78 Å². The summed E-state index contributed by atoms with van der Waals surface area (Å²) in [5, 5.41) is 2.07. The highest BCUT2D eigenvalue weighted by Crippen LogP contribution is 2.40. The van der Waals surface area contributed by atoms with Crippen molar-refractivity contribution in [3.05, 3.63) is 65.7 Å². The smallest absolute Gasteiger partial charge is 0.194 e. The normalized spacial score (nSPS) is 12.3. The first-order valence-electron chi connectivity index (χ1n) is 6.54. The first-order chi connectivity index (χ1) is 9.79. The number of benzene rings is 3. The highest BCUT2D eigenvalue weighted by molar-refractivity contribution is 6.26. The van der Waals surface area contributed by atoms with Gasteiger partial charge in [-0.1, -0.05) is 42.5 Å². The lowest BCUT2D eigenvalue weighted by molar-refractivity contribution is 0.104. The Morgan fingerprint density at radius 1 is 0.800 bits per heavy atom. The number of rotatable bonds is 1. The topological polar surface area (TPSA) is 26.3 Å². The molecule has 0 spiro atoms. The third-order valence-corrected chi connectivity index (χ3v) is 3.89. The highest BCUT2D eigenvalue weighted by Gasteiger charge is 2.25. The molecular weight excluding hydrogens is 248 g/mol. The number of carbonyl (C=O) groups is 1. The summed E-state index contributed by atoms with van der Waals surface area (Å²) < 4.78 is 5.31. The molecule has 0 radical (unpaired) electrons. The molecule has 20 heavy (non-hydrogen) atoms. The van der Waals surface area contributed by atoms with Crippen LogP contribution in [-0.4, -0.2) is 12.9 Å². The number of hydrogen-bond donors (Lipinski definition) is 0. The van der Waals surface area contributed by atoms with E-state index in [1.165, 1.54) is 0 Å². The van der Waals surface area contributed by atoms with Gasteiger partial charge in [0.1, 0.15) is 5.75 Å². The minimum absolute atomic E-state index is 0.0724. The monoisotopic (exact) mass is 260 g/mol. The van der Waals surface area contributed by atoms with Crippen LogP contribution in [0.4, 0.5) is 0 Å². The van der Waals surface area contributed by atoms with Gasteiger partial charge in [0.25, 0.3) is 0 Å². The van der Waals surface area contributed by atoms with E-state index in [1.807, 2.05) is 48.5 Å². The minimum atomic E-state index is 0.0724. The Kier molecular flexibility index (Phi) is 2.21. The lowest BCUT2D eigenvalue weighted by atomic mass is 9.83. The van der Waals surface area contributed by atoms with Gasteiger partial charge in [0.05, 0.1) is 7.11 Å². The summed E-state index contributed by atoms with van der Waals surface area (Å²) in [4.78, 5) is 12.7. The van der Waals surface area contributed by atoms with Crippen LogP contribution >= 0.6 is 0 Å². The molecule has 0 aliphatic heterocycles. The van der Waals surface area contributed by atoms with E-state index in [2.05, 4.69) is 6.07 Å². The van der Waals surface area contributed by atoms with E-state index >= 15 is 0 Å². The second-order valence-electron chi connectivity index (χ2n) is 4.95. The highest BCUT2D eigenvalue weighted by atomic mass is 16.5. The summed E-state index contributed by atoms with van der Waals surface area (Å²) in [5.74, 6) is 0.792. The van der Waals surface area contributed by atoms with Crippen LogP contribution in [0.25, 0.3) is 21.9 Å². The molecule has 0 saturated carbocycles. The maximum absolute atomic E-state index is 12.7. The van der Waals surface area contributed by atoms with Crippen LogP contribution in [0.15, 0.2) is 54.6 Å². The molecule has 0 fully saturated rings. The summed E-state index contributed by atoms with van der Waals surface area (Å²) in [6.07, 6.45) is 0. The zero-order chi connectivity index (χ0) is 13.7. The van der Waals surface area contributed by atoms with Gasteiger partial charge in [-0.15, -0.1) is 0 Å². The molecule has 1 aliphatic carbocycles. The minimum Gasteiger partial charge on any atom is -0.497 e. The van der Waals surface area contributed by atoms with Crippen molar-refractivity contribution in [1.82, 2.24) is 0 Å². The number of ketones is 1. The fourth-order valence-corrected chi connectivity index (χ4v) is 2.98. The molecule has 0 bridgehead atoms. The van der Waals surface area contributed by atoms with Gasteiger partial charge < -0.3 is 4.74 Å². The zero-order valence-electron chi connectivity index (χ0n) is 11.0. The molecule has 0 amide bonds. The molecule has 3 aromatic rings. The Balaban J connectivity index is 2.21. The molecule has 0 heterocycles. The molecule has 2 nitrogen and oxygen atoms in total. The van der Waals surface area contributed by atoms with E-state index in [9.17, 15) is 4.79 Å². The van der Waals surface area contributed by atoms with Crippen LogP contribution in [0.3, 0.4) is 0 Å². The van der Waals surface area contributed by atoms with Crippen LogP contribution in [0.1, 0.15) is 15.9 Å². The van der Waals surface area contributed by atoms with E-state index in [1.54, 1.807) is 7.11 Å². The van der Waals surface area contributed by atoms with Crippen LogP contribution in [0.2, 0.25) is 0 Å². The van der Waals surface area contributed by atoms with Gasteiger partial charge in [-0.05, 0) is 28.6 Å². The predicted molar refractivity (Wildman–Crippen MR) is 79.4 cm³/mol. The number of hydrogen-bond acceptors (Lipinski definition) is 2. The summed E-state index contributed by atoms with van der Waals surface area (Å²) in [5.41, 5.74) is 3.63. The lowest BCUT2D eigenvalue weighted by Crippen LogP contribution is -2.10. The van der Waals surface area contributed by atoms with Crippen LogP contribution in [0, 0.1) is 0 Å². The molecular formula is C18H12O2. The number of methoxy groups -OCH3 is 1. The van der Waals surface area contributed by atoms with Crippen LogP contribution < -0.4 is 4.74 Å². The third-order valence-electron chi connectivity index (χ3n) is 3.89. The fraction of sp³-hybridized carbons (Fsp3) is 0.0556. The van der Waals surface area contributed by atoms with E-state index < -0.39 is 0 Å². The second-order valence-corrected chi connectivity index (χ2v) is 4.95. The van der Waals surface area contributed by atoms with Gasteiger partial charge >= 0.3 is 0 Å². The van der Waals surface area contributed by atoms with Crippen molar-refractivity contribution in [3.63, 3.8) is 0 Å². The van der Waals surface area contributed by atoms with Gasteiger partial charge in [-0.2, -0.15) is 0 Å². The summed E-state index contributed by atoms with van der Waals surface area (Å²) in [7, 11) is 1.62. The van der Waals surface area contributed by atoms with Crippen molar-refractivity contribution in [1.29, 1.82) is 0 Å². The average molecular weight is 260 g/mol. The van der Waals surface area contributed by atoms with Gasteiger partial charge in [-0.25, -0.2) is 0 Å². The number of fused-ring (bicyclic) bond motifs is 2. The van der Waals surface area contributed by atoms with Crippen molar-refractivity contribution in [3.8, 4) is 16.9 Å². The van der Waals surface area contributed by atoms with Crippen molar-refractivity contribution < 1.29 is 9.53 Å². The van der Waals surface area contributed by atoms with E-state index in [0.717, 1.165) is 38.8 Å². The molecule has 0 atom stereocenters. The SMILES string of the molecule is COc1cc2c3c(cccc3c1)-c1ccccc1C2=O. The van der Waals surface area contributed by atoms with Crippen molar-refractivity contribution in [2.75, 3.05) is 7.11 Å². The molecule has 2 heteroatoms. The van der Waals surface area contributed by atoms with Gasteiger partial charge in [0, 0.05) is 16.5 Å². The molecule has 0 saturated heterocycles. The molecule has 96 valence electrons. The van der Waals surface area contributed by atoms with Gasteiger partial charge in [-0.3, -0.25) is 4.79 Å². The first-order valence-corrected chi connectivity index (χ1v) is 6.54. The Labute approximate surface area is 116 Å². The van der Waals surface area contributed by atoms with E-state index in [4.69, 9.17) is 4.74 Å². The average Bonchev–Trinajstić information content (AvgIpc) is 2.51. The van der Waals surface area contributed by atoms with Crippen molar-refractivity contribution in [2.24, 2.45) is 0 Å². The molecule has 3 aromatic carbocycles. The van der Waals surface area contributed by atoms with Crippen molar-refractivity contribution in [2.45, 2.75) is 0 Å². The Morgan fingerprint density at radius 2 is 1.55 bits per heavy atom. The fourth-order valence-electron chi connectivity index (χ4n) is 2.98. The molecule has 4 rings (SSSR count). The Hall–Kier alpha value is -2.61. The standard InChI is InChI=1S/C18H12O2/c1-20-12-9-11-5-4-8-14-13-6-2-3-7-15(13)18(19)16(10-12)17(11)14/h2-10H,1H3. The quantitative estimate of drug-likeness (QED) is 0.516. The summed E-state index contributed by atoms with van der Waals surface area (Å²) in [6.45, 7) is 0. The predicted octanol–water partition coefficient (Wildman–Crippen LogP) is 4.06. The van der Waals surface area contributed by atoms with Crippen LogP contribution in [0.5, 0.6) is 5.75 Å². The second kappa shape index (κ2) is 3.94. The van der Waals surface area contributed by atoms with Gasteiger partial charge in [0.2, 0.25) is 0 Å². The number of ether oxygens (including phenoxy) is 1. The number of carbonyl (C=O) groups excluding carboxylic acids is 1. The van der Waals surface area contributed by atoms with Crippen LogP contribution in [-0.2, 0) is 0 Å². The largest absolute Gasteiger partial charge is 0.497 e. The molecule has 0 unspecified atom stereocenters. The Bertz CT molecular complexity index is 862. The molecule has 0 aromatic heterocycles. The maximum atomic E-state index is 12.7. The first kappa shape index (κ1) is 11.2. The lowest BCUT2D eigenvalue weighted by Gasteiger charge is -2.20. The van der Waals surface area contributed by atoms with E-state index in [0.29, 0.717) is 0 Å². The Morgan fingerprint density at radius 3 is 2.35 bits per heavy atom.